The summed E-state index contributed by atoms with van der Waals surface area (Å²) in [5, 5.41) is 10.5. The van der Waals surface area contributed by atoms with Gasteiger partial charge in [0.25, 0.3) is 5.91 Å². The number of hydrogen-bond donors (Lipinski definition) is 3. The molecule has 1 aliphatic rings. The number of carbonyl (C=O) groups is 1. The summed E-state index contributed by atoms with van der Waals surface area (Å²) < 4.78 is 0. The Morgan fingerprint density at radius 3 is 3.11 bits per heavy atom. The van der Waals surface area contributed by atoms with Gasteiger partial charge >= 0.3 is 0 Å². The number of aromatic amines is 1. The van der Waals surface area contributed by atoms with Crippen molar-refractivity contribution >= 4 is 22.5 Å². The van der Waals surface area contributed by atoms with Gasteiger partial charge in [0, 0.05) is 35.9 Å². The van der Waals surface area contributed by atoms with E-state index in [1.807, 2.05) is 12.1 Å². The van der Waals surface area contributed by atoms with Crippen LogP contribution in [0.1, 0.15) is 23.2 Å². The standard InChI is InChI=1S/C14H17N3O2/c15-9-3-4-11-12(7-16-13(11)6-9)14(19)17-5-1-2-10(18)8-17/h3-4,6-7,10,16,18H,1-2,5,8,15H2/t10-/m0/s1. The van der Waals surface area contributed by atoms with Crippen LogP contribution in [0.4, 0.5) is 5.69 Å². The zero-order valence-corrected chi connectivity index (χ0v) is 10.6. The number of likely N-dealkylation sites (tertiary alicyclic amines) is 1. The number of aliphatic hydroxyl groups is 1. The maximum atomic E-state index is 12.5. The minimum atomic E-state index is -0.404. The maximum Gasteiger partial charge on any atom is 0.256 e. The first-order valence-corrected chi connectivity index (χ1v) is 6.49. The summed E-state index contributed by atoms with van der Waals surface area (Å²) in [6, 6.07) is 5.46. The van der Waals surface area contributed by atoms with E-state index < -0.39 is 6.10 Å². The average Bonchev–Trinajstić information content (AvgIpc) is 2.80. The third-order valence-corrected chi connectivity index (χ3v) is 3.62. The van der Waals surface area contributed by atoms with Gasteiger partial charge in [-0.1, -0.05) is 0 Å². The molecular weight excluding hydrogens is 242 g/mol. The number of benzene rings is 1. The number of anilines is 1. The van der Waals surface area contributed by atoms with E-state index >= 15 is 0 Å². The molecule has 19 heavy (non-hydrogen) atoms. The van der Waals surface area contributed by atoms with Crippen molar-refractivity contribution in [2.75, 3.05) is 18.8 Å². The minimum Gasteiger partial charge on any atom is -0.399 e. The summed E-state index contributed by atoms with van der Waals surface area (Å²) in [6.07, 6.45) is 2.93. The number of nitrogens with two attached hydrogens (primary N) is 1. The van der Waals surface area contributed by atoms with Crippen molar-refractivity contribution in [1.82, 2.24) is 9.88 Å². The highest BCUT2D eigenvalue weighted by atomic mass is 16.3. The molecule has 1 fully saturated rings. The second-order valence-electron chi connectivity index (χ2n) is 5.05. The molecule has 2 aromatic rings. The third-order valence-electron chi connectivity index (χ3n) is 3.62. The zero-order chi connectivity index (χ0) is 13.4. The Balaban J connectivity index is 1.93. The topological polar surface area (TPSA) is 82.3 Å². The molecule has 1 aromatic carbocycles. The van der Waals surface area contributed by atoms with Crippen molar-refractivity contribution in [3.05, 3.63) is 30.0 Å². The third kappa shape index (κ3) is 2.17. The molecule has 0 unspecified atom stereocenters. The van der Waals surface area contributed by atoms with Gasteiger partial charge in [0.1, 0.15) is 0 Å². The fraction of sp³-hybridized carbons (Fsp3) is 0.357. The first-order valence-electron chi connectivity index (χ1n) is 6.49. The highest BCUT2D eigenvalue weighted by Crippen LogP contribution is 2.23. The molecule has 1 amide bonds. The van der Waals surface area contributed by atoms with Crippen molar-refractivity contribution < 1.29 is 9.90 Å². The van der Waals surface area contributed by atoms with Gasteiger partial charge < -0.3 is 20.7 Å². The first kappa shape index (κ1) is 12.0. The van der Waals surface area contributed by atoms with E-state index in [4.69, 9.17) is 5.73 Å². The van der Waals surface area contributed by atoms with Gasteiger partial charge in [-0.15, -0.1) is 0 Å². The molecule has 5 nitrogen and oxygen atoms in total. The summed E-state index contributed by atoms with van der Waals surface area (Å²) in [5.74, 6) is -0.0326. The molecule has 0 radical (unpaired) electrons. The number of nitrogen functional groups attached to an aromatic ring is 1. The van der Waals surface area contributed by atoms with E-state index in [9.17, 15) is 9.90 Å². The number of hydrogen-bond acceptors (Lipinski definition) is 3. The van der Waals surface area contributed by atoms with Crippen LogP contribution in [0.3, 0.4) is 0 Å². The van der Waals surface area contributed by atoms with Gasteiger partial charge in [0.15, 0.2) is 0 Å². The van der Waals surface area contributed by atoms with Crippen LogP contribution in [0.2, 0.25) is 0 Å². The molecule has 1 atom stereocenters. The molecule has 0 spiro atoms. The van der Waals surface area contributed by atoms with Crippen molar-refractivity contribution in [1.29, 1.82) is 0 Å². The maximum absolute atomic E-state index is 12.5. The lowest BCUT2D eigenvalue weighted by Gasteiger charge is -2.30. The minimum absolute atomic E-state index is 0.0326. The Morgan fingerprint density at radius 1 is 1.47 bits per heavy atom. The van der Waals surface area contributed by atoms with Gasteiger partial charge in [-0.25, -0.2) is 0 Å². The quantitative estimate of drug-likeness (QED) is 0.676. The second-order valence-corrected chi connectivity index (χ2v) is 5.05. The van der Waals surface area contributed by atoms with Crippen LogP contribution in [0, 0.1) is 0 Å². The van der Waals surface area contributed by atoms with E-state index in [-0.39, 0.29) is 5.91 Å². The number of aliphatic hydroxyl groups excluding tert-OH is 1. The number of amides is 1. The lowest BCUT2D eigenvalue weighted by molar-refractivity contribution is 0.0475. The number of carbonyl (C=O) groups excluding carboxylic acids is 1. The van der Waals surface area contributed by atoms with E-state index in [0.29, 0.717) is 24.3 Å². The van der Waals surface area contributed by atoms with E-state index in [2.05, 4.69) is 4.98 Å². The average molecular weight is 259 g/mol. The second kappa shape index (κ2) is 4.59. The fourth-order valence-corrected chi connectivity index (χ4v) is 2.63. The molecule has 0 aliphatic carbocycles. The van der Waals surface area contributed by atoms with Crippen LogP contribution in [-0.2, 0) is 0 Å². The molecule has 0 bridgehead atoms. The molecule has 4 N–H and O–H groups in total. The smallest absolute Gasteiger partial charge is 0.256 e. The summed E-state index contributed by atoms with van der Waals surface area (Å²) in [4.78, 5) is 17.3. The molecule has 100 valence electrons. The molecule has 1 aromatic heterocycles. The Morgan fingerprint density at radius 2 is 2.32 bits per heavy atom. The largest absolute Gasteiger partial charge is 0.399 e. The SMILES string of the molecule is Nc1ccc2c(C(=O)N3CCC[C@H](O)C3)c[nH]c2c1. The van der Waals surface area contributed by atoms with Crippen LogP contribution >= 0.6 is 0 Å². The number of fused-ring (bicyclic) bond motifs is 1. The van der Waals surface area contributed by atoms with Crippen LogP contribution in [0.15, 0.2) is 24.4 Å². The molecule has 1 aliphatic heterocycles. The number of aromatic nitrogens is 1. The number of β-amino-alcohol motifs (C(OH)–C–C–N with tert-alkyl or cyclic N) is 1. The number of rotatable bonds is 1. The lowest BCUT2D eigenvalue weighted by atomic mass is 10.1. The van der Waals surface area contributed by atoms with Gasteiger partial charge in [0.05, 0.1) is 11.7 Å². The summed E-state index contributed by atoms with van der Waals surface area (Å²) in [7, 11) is 0. The lowest BCUT2D eigenvalue weighted by Crippen LogP contribution is -2.42. The van der Waals surface area contributed by atoms with Gasteiger partial charge in [-0.05, 0) is 31.0 Å². The van der Waals surface area contributed by atoms with Gasteiger partial charge in [-0.3, -0.25) is 4.79 Å². The predicted octanol–water partition coefficient (Wildman–Crippen LogP) is 1.35. The van der Waals surface area contributed by atoms with Gasteiger partial charge in [-0.2, -0.15) is 0 Å². The molecule has 2 heterocycles. The highest BCUT2D eigenvalue weighted by molar-refractivity contribution is 6.07. The van der Waals surface area contributed by atoms with E-state index in [0.717, 1.165) is 23.7 Å². The molecular formula is C14H17N3O2. The molecule has 1 saturated heterocycles. The number of nitrogens with zero attached hydrogens (tertiary/aromatic N) is 1. The Bertz CT molecular complexity index is 620. The number of nitrogens with one attached hydrogen (secondary N) is 1. The predicted molar refractivity (Wildman–Crippen MR) is 73.9 cm³/mol. The van der Waals surface area contributed by atoms with E-state index in [1.165, 1.54) is 0 Å². The van der Waals surface area contributed by atoms with Crippen molar-refractivity contribution in [3.63, 3.8) is 0 Å². The van der Waals surface area contributed by atoms with Crippen LogP contribution in [0.5, 0.6) is 0 Å². The highest BCUT2D eigenvalue weighted by Gasteiger charge is 2.24. The van der Waals surface area contributed by atoms with Crippen molar-refractivity contribution in [3.8, 4) is 0 Å². The monoisotopic (exact) mass is 259 g/mol. The summed E-state index contributed by atoms with van der Waals surface area (Å²) >= 11 is 0. The number of piperidine rings is 1. The Kier molecular flexibility index (Phi) is 2.91. The van der Waals surface area contributed by atoms with Crippen molar-refractivity contribution in [2.45, 2.75) is 18.9 Å². The normalized spacial score (nSPS) is 19.8. The Labute approximate surface area is 111 Å². The Hall–Kier alpha value is -2.01. The molecule has 0 saturated carbocycles. The molecule has 5 heteroatoms. The van der Waals surface area contributed by atoms with Crippen LogP contribution < -0.4 is 5.73 Å². The summed E-state index contributed by atoms with van der Waals surface area (Å²) in [5.41, 5.74) is 7.89. The van der Waals surface area contributed by atoms with E-state index in [1.54, 1.807) is 17.2 Å². The van der Waals surface area contributed by atoms with Crippen LogP contribution in [0.25, 0.3) is 10.9 Å². The van der Waals surface area contributed by atoms with Gasteiger partial charge in [0.2, 0.25) is 0 Å². The van der Waals surface area contributed by atoms with Crippen LogP contribution in [-0.4, -0.2) is 40.1 Å². The van der Waals surface area contributed by atoms with Crippen molar-refractivity contribution in [2.24, 2.45) is 0 Å². The number of H-pyrrole nitrogens is 1. The first-order chi connectivity index (χ1) is 9.15. The molecule has 3 rings (SSSR count). The zero-order valence-electron chi connectivity index (χ0n) is 10.6. The summed E-state index contributed by atoms with van der Waals surface area (Å²) in [6.45, 7) is 1.12. The fourth-order valence-electron chi connectivity index (χ4n) is 2.63.